The third-order valence-electron chi connectivity index (χ3n) is 4.48. The predicted molar refractivity (Wildman–Crippen MR) is 116 cm³/mol. The maximum absolute atomic E-state index is 5.93. The number of hydrogen-bond acceptors (Lipinski definition) is 3. The van der Waals surface area contributed by atoms with Crippen molar-refractivity contribution < 1.29 is 4.74 Å². The first kappa shape index (κ1) is 15.9. The van der Waals surface area contributed by atoms with Gasteiger partial charge in [0.2, 0.25) is 0 Å². The van der Waals surface area contributed by atoms with Crippen LogP contribution in [0, 0.1) is 0 Å². The minimum Gasteiger partial charge on any atom is -0.457 e. The van der Waals surface area contributed by atoms with Crippen LogP contribution >= 0.6 is 11.3 Å². The molecule has 0 aliphatic rings. The summed E-state index contributed by atoms with van der Waals surface area (Å²) in [6, 6.07) is 33.0. The zero-order valence-electron chi connectivity index (χ0n) is 14.6. The Labute approximate surface area is 161 Å². The van der Waals surface area contributed by atoms with E-state index in [1.165, 1.54) is 20.2 Å². The van der Waals surface area contributed by atoms with Crippen LogP contribution in [-0.2, 0) is 0 Å². The Kier molecular flexibility index (Phi) is 4.00. The van der Waals surface area contributed by atoms with Gasteiger partial charge in [-0.15, -0.1) is 11.3 Å². The van der Waals surface area contributed by atoms with Gasteiger partial charge in [0.15, 0.2) is 0 Å². The first-order chi connectivity index (χ1) is 13.3. The van der Waals surface area contributed by atoms with Gasteiger partial charge in [-0.1, -0.05) is 42.5 Å². The lowest BCUT2D eigenvalue weighted by molar-refractivity contribution is 0.483. The van der Waals surface area contributed by atoms with Crippen LogP contribution < -0.4 is 10.1 Å². The minimum atomic E-state index is 0.813. The summed E-state index contributed by atoms with van der Waals surface area (Å²) >= 11 is 1.83. The zero-order valence-corrected chi connectivity index (χ0v) is 15.4. The van der Waals surface area contributed by atoms with Crippen molar-refractivity contribution >= 4 is 42.9 Å². The second-order valence-electron chi connectivity index (χ2n) is 6.38. The molecule has 1 aromatic heterocycles. The van der Waals surface area contributed by atoms with Crippen LogP contribution in [0.5, 0.6) is 11.5 Å². The van der Waals surface area contributed by atoms with Gasteiger partial charge in [-0.25, -0.2) is 0 Å². The normalized spacial score (nSPS) is 11.0. The highest BCUT2D eigenvalue weighted by Gasteiger charge is 2.06. The molecule has 0 aliphatic carbocycles. The Balaban J connectivity index is 1.44. The Bertz CT molecular complexity index is 1230. The van der Waals surface area contributed by atoms with Crippen molar-refractivity contribution in [3.8, 4) is 11.5 Å². The van der Waals surface area contributed by atoms with E-state index in [0.717, 1.165) is 22.9 Å². The third kappa shape index (κ3) is 3.25. The van der Waals surface area contributed by atoms with E-state index in [2.05, 4.69) is 47.8 Å². The van der Waals surface area contributed by atoms with Crippen LogP contribution in [0.4, 0.5) is 11.4 Å². The van der Waals surface area contributed by atoms with Crippen molar-refractivity contribution in [2.75, 3.05) is 5.32 Å². The average Bonchev–Trinajstić information content (AvgIpc) is 3.07. The van der Waals surface area contributed by atoms with Crippen molar-refractivity contribution in [1.82, 2.24) is 0 Å². The van der Waals surface area contributed by atoms with Crippen molar-refractivity contribution in [2.45, 2.75) is 0 Å². The fraction of sp³-hybridized carbons (Fsp3) is 0. The van der Waals surface area contributed by atoms with E-state index in [-0.39, 0.29) is 0 Å². The molecule has 27 heavy (non-hydrogen) atoms. The van der Waals surface area contributed by atoms with E-state index in [9.17, 15) is 0 Å². The lowest BCUT2D eigenvalue weighted by atomic mass is 10.1. The smallest absolute Gasteiger partial charge is 0.129 e. The van der Waals surface area contributed by atoms with Crippen LogP contribution in [0.1, 0.15) is 0 Å². The number of fused-ring (bicyclic) bond motifs is 3. The molecule has 130 valence electrons. The van der Waals surface area contributed by atoms with Crippen molar-refractivity contribution in [3.63, 3.8) is 0 Å². The Morgan fingerprint density at radius 2 is 1.30 bits per heavy atom. The summed E-state index contributed by atoms with van der Waals surface area (Å²) in [5.74, 6) is 1.65. The maximum Gasteiger partial charge on any atom is 0.129 e. The first-order valence-corrected chi connectivity index (χ1v) is 9.68. The second-order valence-corrected chi connectivity index (χ2v) is 7.46. The topological polar surface area (TPSA) is 21.3 Å². The van der Waals surface area contributed by atoms with E-state index in [1.807, 2.05) is 65.9 Å². The number of thiophene rings is 1. The Hall–Kier alpha value is -3.30. The number of para-hydroxylation sites is 1. The summed E-state index contributed by atoms with van der Waals surface area (Å²) in [6.45, 7) is 0. The molecule has 5 aromatic rings. The quantitative estimate of drug-likeness (QED) is 0.353. The largest absolute Gasteiger partial charge is 0.457 e. The van der Waals surface area contributed by atoms with E-state index < -0.39 is 0 Å². The monoisotopic (exact) mass is 367 g/mol. The van der Waals surface area contributed by atoms with E-state index >= 15 is 0 Å². The minimum absolute atomic E-state index is 0.813. The Morgan fingerprint density at radius 1 is 0.556 bits per heavy atom. The lowest BCUT2D eigenvalue weighted by Crippen LogP contribution is -1.91. The highest BCUT2D eigenvalue weighted by molar-refractivity contribution is 7.25. The van der Waals surface area contributed by atoms with Crippen molar-refractivity contribution in [2.24, 2.45) is 0 Å². The van der Waals surface area contributed by atoms with Gasteiger partial charge >= 0.3 is 0 Å². The SMILES string of the molecule is c1ccc(Oc2cccc(Nc3ccc4sc5ccccc5c4c3)c2)cc1. The van der Waals surface area contributed by atoms with Gasteiger partial charge in [0, 0.05) is 37.6 Å². The van der Waals surface area contributed by atoms with Gasteiger partial charge in [0.05, 0.1) is 0 Å². The number of rotatable bonds is 4. The van der Waals surface area contributed by atoms with Crippen molar-refractivity contribution in [3.05, 3.63) is 97.1 Å². The summed E-state index contributed by atoms with van der Waals surface area (Å²) in [7, 11) is 0. The van der Waals surface area contributed by atoms with Crippen molar-refractivity contribution in [1.29, 1.82) is 0 Å². The van der Waals surface area contributed by atoms with E-state index in [1.54, 1.807) is 0 Å². The molecular weight excluding hydrogens is 350 g/mol. The van der Waals surface area contributed by atoms with Gasteiger partial charge in [-0.3, -0.25) is 0 Å². The number of hydrogen-bond donors (Lipinski definition) is 1. The number of anilines is 2. The molecule has 0 amide bonds. The Morgan fingerprint density at radius 3 is 2.22 bits per heavy atom. The first-order valence-electron chi connectivity index (χ1n) is 8.86. The molecular formula is C24H17NOS. The standard InChI is InChI=1S/C24H17NOS/c1-2-8-19(9-3-1)26-20-10-6-7-17(15-20)25-18-13-14-24-22(16-18)21-11-4-5-12-23(21)27-24/h1-16,25H. The molecule has 0 saturated carbocycles. The lowest BCUT2D eigenvalue weighted by Gasteiger charge is -2.10. The molecule has 0 spiro atoms. The summed E-state index contributed by atoms with van der Waals surface area (Å²) in [5, 5.41) is 6.10. The van der Waals surface area contributed by atoms with Gasteiger partial charge in [-0.05, 0) is 48.5 Å². The molecule has 5 rings (SSSR count). The predicted octanol–water partition coefficient (Wildman–Crippen LogP) is 7.59. The molecule has 3 heteroatoms. The third-order valence-corrected chi connectivity index (χ3v) is 5.63. The van der Waals surface area contributed by atoms with Crippen LogP contribution in [0.3, 0.4) is 0 Å². The van der Waals surface area contributed by atoms with Crippen LogP contribution in [0.25, 0.3) is 20.2 Å². The van der Waals surface area contributed by atoms with Gasteiger partial charge < -0.3 is 10.1 Å². The number of ether oxygens (including phenoxy) is 1. The molecule has 1 N–H and O–H groups in total. The highest BCUT2D eigenvalue weighted by atomic mass is 32.1. The molecule has 0 fully saturated rings. The molecule has 1 heterocycles. The fourth-order valence-electron chi connectivity index (χ4n) is 3.23. The zero-order chi connectivity index (χ0) is 18.1. The summed E-state index contributed by atoms with van der Waals surface area (Å²) < 4.78 is 8.56. The molecule has 0 bridgehead atoms. The molecule has 0 saturated heterocycles. The summed E-state index contributed by atoms with van der Waals surface area (Å²) in [6.07, 6.45) is 0. The van der Waals surface area contributed by atoms with Gasteiger partial charge in [0.1, 0.15) is 11.5 Å². The highest BCUT2D eigenvalue weighted by Crippen LogP contribution is 2.36. The molecule has 2 nitrogen and oxygen atoms in total. The van der Waals surface area contributed by atoms with Gasteiger partial charge in [0.25, 0.3) is 0 Å². The van der Waals surface area contributed by atoms with Gasteiger partial charge in [-0.2, -0.15) is 0 Å². The fourth-order valence-corrected chi connectivity index (χ4v) is 4.32. The number of benzene rings is 4. The van der Waals surface area contributed by atoms with Crippen LogP contribution in [0.2, 0.25) is 0 Å². The molecule has 0 unspecified atom stereocenters. The van der Waals surface area contributed by atoms with E-state index in [0.29, 0.717) is 0 Å². The molecule has 0 aliphatic heterocycles. The molecule has 0 atom stereocenters. The second kappa shape index (κ2) is 6.78. The van der Waals surface area contributed by atoms with E-state index in [4.69, 9.17) is 4.74 Å². The van der Waals surface area contributed by atoms with Crippen LogP contribution in [0.15, 0.2) is 97.1 Å². The van der Waals surface area contributed by atoms with Crippen LogP contribution in [-0.4, -0.2) is 0 Å². The molecule has 4 aromatic carbocycles. The summed E-state index contributed by atoms with van der Waals surface area (Å²) in [4.78, 5) is 0. The maximum atomic E-state index is 5.93. The number of nitrogens with one attached hydrogen (secondary N) is 1. The molecule has 0 radical (unpaired) electrons. The summed E-state index contributed by atoms with van der Waals surface area (Å²) in [5.41, 5.74) is 2.07. The average molecular weight is 367 g/mol.